The van der Waals surface area contributed by atoms with E-state index in [0.717, 1.165) is 19.3 Å². The molecule has 0 radical (unpaired) electrons. The van der Waals surface area contributed by atoms with Crippen molar-refractivity contribution >= 4 is 33.8 Å². The molecule has 4 amide bonds. The lowest BCUT2D eigenvalue weighted by Gasteiger charge is -2.33. The summed E-state index contributed by atoms with van der Waals surface area (Å²) in [5.74, 6) is -1.93. The molecule has 262 valence electrons. The number of allylic oxidation sites excluding steroid dienone is 1. The quantitative estimate of drug-likeness (QED) is 0.358. The van der Waals surface area contributed by atoms with Gasteiger partial charge in [0.25, 0.3) is 5.91 Å². The zero-order valence-corrected chi connectivity index (χ0v) is 28.5. The molecule has 15 heteroatoms. The van der Waals surface area contributed by atoms with Crippen molar-refractivity contribution in [2.24, 2.45) is 5.92 Å². The fourth-order valence-corrected chi connectivity index (χ4v) is 7.90. The molecular weight excluding hydrogens is 640 g/mol. The van der Waals surface area contributed by atoms with Gasteiger partial charge in [0.15, 0.2) is 0 Å². The average Bonchev–Trinajstić information content (AvgIpc) is 3.89. The van der Waals surface area contributed by atoms with E-state index in [2.05, 4.69) is 25.2 Å². The summed E-state index contributed by atoms with van der Waals surface area (Å²) in [4.78, 5) is 63.1. The first-order valence-corrected chi connectivity index (χ1v) is 18.5. The molecule has 2 unspecified atom stereocenters. The fraction of sp³-hybridized carbons (Fsp3) is 0.667. The molecule has 0 aromatic carbocycles. The average molecular weight is 687 g/mol. The zero-order valence-electron chi connectivity index (χ0n) is 27.7. The molecular formula is C33H46N6O8S. The van der Waals surface area contributed by atoms with Crippen molar-refractivity contribution in [3.63, 3.8) is 0 Å². The molecule has 6 rings (SSSR count). The van der Waals surface area contributed by atoms with Gasteiger partial charge in [-0.25, -0.2) is 18.2 Å². The van der Waals surface area contributed by atoms with Crippen LogP contribution in [0.4, 0.5) is 4.79 Å². The lowest BCUT2D eigenvalue weighted by atomic mass is 10.1. The Bertz CT molecular complexity index is 1540. The van der Waals surface area contributed by atoms with Crippen molar-refractivity contribution in [1.29, 1.82) is 0 Å². The summed E-state index contributed by atoms with van der Waals surface area (Å²) in [5, 5.41) is 5.04. The zero-order chi connectivity index (χ0) is 34.3. The molecule has 1 aromatic rings. The van der Waals surface area contributed by atoms with Crippen molar-refractivity contribution in [2.75, 3.05) is 19.6 Å². The van der Waals surface area contributed by atoms with E-state index in [-0.39, 0.29) is 32.0 Å². The second kappa shape index (κ2) is 13.3. The van der Waals surface area contributed by atoms with Crippen LogP contribution in [0.5, 0.6) is 5.88 Å². The summed E-state index contributed by atoms with van der Waals surface area (Å²) in [7, 11) is -3.86. The molecule has 1 saturated heterocycles. The van der Waals surface area contributed by atoms with Gasteiger partial charge in [-0.15, -0.1) is 0 Å². The third kappa shape index (κ3) is 8.11. The smallest absolute Gasteiger partial charge is 0.408 e. The number of fused-ring (bicyclic) bond motifs is 2. The Morgan fingerprint density at radius 1 is 1.10 bits per heavy atom. The molecule has 3 N–H and O–H groups in total. The van der Waals surface area contributed by atoms with E-state index in [1.807, 2.05) is 12.2 Å². The van der Waals surface area contributed by atoms with Crippen LogP contribution in [0.15, 0.2) is 36.5 Å². The van der Waals surface area contributed by atoms with E-state index in [1.54, 1.807) is 45.2 Å². The molecule has 2 aliphatic heterocycles. The molecule has 0 spiro atoms. The highest BCUT2D eigenvalue weighted by molar-refractivity contribution is 7.91. The van der Waals surface area contributed by atoms with Crippen LogP contribution in [-0.2, 0) is 29.1 Å². The van der Waals surface area contributed by atoms with Crippen LogP contribution in [0, 0.1) is 5.92 Å². The van der Waals surface area contributed by atoms with E-state index in [9.17, 15) is 27.6 Å². The number of amides is 4. The van der Waals surface area contributed by atoms with Crippen LogP contribution < -0.4 is 20.1 Å². The molecule has 5 aliphatic rings. The maximum absolute atomic E-state index is 14.5. The van der Waals surface area contributed by atoms with E-state index in [1.165, 1.54) is 4.90 Å². The van der Waals surface area contributed by atoms with Gasteiger partial charge in [0, 0.05) is 37.2 Å². The van der Waals surface area contributed by atoms with Gasteiger partial charge in [-0.05, 0) is 78.3 Å². The van der Waals surface area contributed by atoms with E-state index in [4.69, 9.17) is 9.47 Å². The van der Waals surface area contributed by atoms with Gasteiger partial charge >= 0.3 is 6.09 Å². The summed E-state index contributed by atoms with van der Waals surface area (Å²) < 4.78 is 39.3. The van der Waals surface area contributed by atoms with Crippen molar-refractivity contribution < 1.29 is 37.1 Å². The lowest BCUT2D eigenvalue weighted by Crippen LogP contribution is -2.60. The number of carbonyl (C=O) groups excluding carboxylic acids is 4. The topological polar surface area (TPSA) is 176 Å². The SMILES string of the molecule is CC(C)(C)OC(=O)N[C@H]1CN(C2CC2)CCC/C=C\C2CC2(C(=O)NS(=O)(=O)C2CC2)NC(=O)[C@@H]2C[C@@H](Oc3ccccn3)CN2C1=O. The number of carbonyl (C=O) groups is 4. The monoisotopic (exact) mass is 686 g/mol. The Hall–Kier alpha value is -3.72. The first-order chi connectivity index (χ1) is 22.7. The summed E-state index contributed by atoms with van der Waals surface area (Å²) >= 11 is 0. The fourth-order valence-electron chi connectivity index (χ4n) is 6.53. The maximum atomic E-state index is 14.5. The van der Waals surface area contributed by atoms with Crippen LogP contribution in [0.2, 0.25) is 0 Å². The molecule has 14 nitrogen and oxygen atoms in total. The second-order valence-electron chi connectivity index (χ2n) is 14.6. The van der Waals surface area contributed by atoms with Crippen LogP contribution in [0.3, 0.4) is 0 Å². The summed E-state index contributed by atoms with van der Waals surface area (Å²) in [6.45, 7) is 6.16. The standard InChI is InChI=1S/C33H46N6O8S/c1-32(2,3)47-31(43)35-25-20-38(22-11-12-22)16-8-4-5-9-21-18-33(21,30(42)37-48(44,45)24-13-14-24)36-28(40)26-17-23(19-39(26)29(25)41)46-27-10-6-7-15-34-27/h5-7,9-10,15,21-26H,4,8,11-14,16-20H2,1-3H3,(H,35,43)(H,36,40)(H,37,42)/b9-5-/t21?,23-,25+,26+,33?/m1/s1. The number of pyridine rings is 1. The van der Waals surface area contributed by atoms with E-state index >= 15 is 0 Å². The first-order valence-electron chi connectivity index (χ1n) is 16.9. The molecule has 0 bridgehead atoms. The minimum Gasteiger partial charge on any atom is -0.472 e. The normalized spacial score (nSPS) is 30.9. The molecule has 3 saturated carbocycles. The third-order valence-electron chi connectivity index (χ3n) is 9.39. The van der Waals surface area contributed by atoms with Gasteiger partial charge in [0.1, 0.15) is 29.3 Å². The minimum absolute atomic E-state index is 0.0298. The van der Waals surface area contributed by atoms with Gasteiger partial charge in [0.2, 0.25) is 27.7 Å². The van der Waals surface area contributed by atoms with Crippen LogP contribution in [0.25, 0.3) is 0 Å². The molecule has 48 heavy (non-hydrogen) atoms. The van der Waals surface area contributed by atoms with Gasteiger partial charge in [-0.2, -0.15) is 0 Å². The Morgan fingerprint density at radius 2 is 1.88 bits per heavy atom. The molecule has 4 fully saturated rings. The number of hydrogen-bond donors (Lipinski definition) is 3. The van der Waals surface area contributed by atoms with Gasteiger partial charge < -0.3 is 25.0 Å². The number of rotatable bonds is 7. The largest absolute Gasteiger partial charge is 0.472 e. The minimum atomic E-state index is -3.86. The molecule has 5 atom stereocenters. The Balaban J connectivity index is 1.31. The van der Waals surface area contributed by atoms with Crippen molar-refractivity contribution in [1.82, 2.24) is 30.1 Å². The number of nitrogens with zero attached hydrogens (tertiary/aromatic N) is 3. The van der Waals surface area contributed by atoms with Crippen LogP contribution >= 0.6 is 0 Å². The number of ether oxygens (including phenoxy) is 2. The molecule has 3 heterocycles. The number of alkyl carbamates (subject to hydrolysis) is 1. The Kier molecular flexibility index (Phi) is 9.46. The summed E-state index contributed by atoms with van der Waals surface area (Å²) in [5.41, 5.74) is -2.27. The maximum Gasteiger partial charge on any atom is 0.408 e. The highest BCUT2D eigenvalue weighted by Crippen LogP contribution is 2.46. The highest BCUT2D eigenvalue weighted by atomic mass is 32.2. The summed E-state index contributed by atoms with van der Waals surface area (Å²) in [6, 6.07) is 3.38. The Labute approximate surface area is 281 Å². The number of hydrogen-bond acceptors (Lipinski definition) is 10. The first kappa shape index (κ1) is 34.2. The highest BCUT2D eigenvalue weighted by Gasteiger charge is 2.62. The van der Waals surface area contributed by atoms with Gasteiger partial charge in [0.05, 0.1) is 11.8 Å². The number of sulfonamides is 1. The predicted octanol–water partition coefficient (Wildman–Crippen LogP) is 1.62. The second-order valence-corrected chi connectivity index (χ2v) is 16.6. The molecule has 3 aliphatic carbocycles. The Morgan fingerprint density at radius 3 is 2.54 bits per heavy atom. The van der Waals surface area contributed by atoms with Crippen LogP contribution in [0.1, 0.15) is 72.1 Å². The number of nitrogens with one attached hydrogen (secondary N) is 3. The van der Waals surface area contributed by atoms with Gasteiger partial charge in [-0.3, -0.25) is 24.0 Å². The van der Waals surface area contributed by atoms with Crippen molar-refractivity contribution in [3.8, 4) is 5.88 Å². The third-order valence-corrected chi connectivity index (χ3v) is 11.2. The molecule has 1 aromatic heterocycles. The predicted molar refractivity (Wildman–Crippen MR) is 174 cm³/mol. The van der Waals surface area contributed by atoms with Crippen LogP contribution in [-0.4, -0.2) is 107 Å². The van der Waals surface area contributed by atoms with E-state index < -0.39 is 74.3 Å². The lowest BCUT2D eigenvalue weighted by molar-refractivity contribution is -0.141. The van der Waals surface area contributed by atoms with E-state index in [0.29, 0.717) is 31.7 Å². The number of aromatic nitrogens is 1. The van der Waals surface area contributed by atoms with Crippen molar-refractivity contribution in [2.45, 2.75) is 113 Å². The van der Waals surface area contributed by atoms with Gasteiger partial charge in [-0.1, -0.05) is 18.2 Å². The summed E-state index contributed by atoms with van der Waals surface area (Å²) in [6.07, 6.45) is 8.78. The van der Waals surface area contributed by atoms with Crippen molar-refractivity contribution in [3.05, 3.63) is 36.5 Å².